The zero-order valence-corrected chi connectivity index (χ0v) is 11.4. The van der Waals surface area contributed by atoms with Gasteiger partial charge in [0.05, 0.1) is 0 Å². The molecule has 0 atom stereocenters. The number of aromatic amines is 1. The van der Waals surface area contributed by atoms with Crippen molar-refractivity contribution in [3.8, 4) is 11.1 Å². The Morgan fingerprint density at radius 1 is 1.32 bits per heavy atom. The standard InChI is InChI=1S/C16H21N3/c1-11-5-4-8-13(9-11)15-14(18-19-16(15)17)10-12-6-2-3-7-12/h4-5,8-9,12H,2-3,6-7,10H2,1H3,(H3,17,18,19). The van der Waals surface area contributed by atoms with Gasteiger partial charge in [0.15, 0.2) is 5.82 Å². The van der Waals surface area contributed by atoms with Crippen LogP contribution in [0.15, 0.2) is 24.3 Å². The molecule has 1 aliphatic rings. The molecule has 0 saturated heterocycles. The van der Waals surface area contributed by atoms with Crippen LogP contribution in [0, 0.1) is 12.8 Å². The molecule has 1 aliphatic carbocycles. The Balaban J connectivity index is 1.93. The van der Waals surface area contributed by atoms with Crippen LogP contribution in [0.2, 0.25) is 0 Å². The quantitative estimate of drug-likeness (QED) is 0.878. The van der Waals surface area contributed by atoms with E-state index in [9.17, 15) is 0 Å². The lowest BCUT2D eigenvalue weighted by molar-refractivity contribution is 0.539. The lowest BCUT2D eigenvalue weighted by Crippen LogP contribution is -2.01. The van der Waals surface area contributed by atoms with E-state index in [0.29, 0.717) is 5.82 Å². The van der Waals surface area contributed by atoms with Crippen molar-refractivity contribution in [2.75, 3.05) is 5.73 Å². The number of rotatable bonds is 3. The van der Waals surface area contributed by atoms with Gasteiger partial charge >= 0.3 is 0 Å². The summed E-state index contributed by atoms with van der Waals surface area (Å²) < 4.78 is 0. The van der Waals surface area contributed by atoms with Crippen LogP contribution in [0.5, 0.6) is 0 Å². The second-order valence-electron chi connectivity index (χ2n) is 5.69. The number of aryl methyl sites for hydroxylation is 1. The fourth-order valence-electron chi connectivity index (χ4n) is 3.17. The molecule has 1 heterocycles. The van der Waals surface area contributed by atoms with Gasteiger partial charge in [0.25, 0.3) is 0 Å². The van der Waals surface area contributed by atoms with Crippen LogP contribution in [0.25, 0.3) is 11.1 Å². The molecular weight excluding hydrogens is 234 g/mol. The predicted octanol–water partition coefficient (Wildman–Crippen LogP) is 3.70. The molecule has 3 rings (SSSR count). The van der Waals surface area contributed by atoms with Crippen LogP contribution in [0.1, 0.15) is 36.9 Å². The molecular formula is C16H21N3. The Bertz CT molecular complexity index is 565. The van der Waals surface area contributed by atoms with Crippen molar-refractivity contribution >= 4 is 5.82 Å². The van der Waals surface area contributed by atoms with Crippen molar-refractivity contribution in [3.63, 3.8) is 0 Å². The SMILES string of the molecule is Cc1cccc(-c2c(N)n[nH]c2CC2CCCC2)c1. The number of hydrogen-bond donors (Lipinski definition) is 2. The van der Waals surface area contributed by atoms with Crippen molar-refractivity contribution in [1.29, 1.82) is 0 Å². The first-order chi connectivity index (χ1) is 9.24. The van der Waals surface area contributed by atoms with Crippen LogP contribution < -0.4 is 5.73 Å². The molecule has 1 fully saturated rings. The van der Waals surface area contributed by atoms with E-state index in [-0.39, 0.29) is 0 Å². The molecule has 0 aliphatic heterocycles. The minimum atomic E-state index is 0.624. The maximum absolute atomic E-state index is 6.06. The Morgan fingerprint density at radius 3 is 2.84 bits per heavy atom. The average molecular weight is 255 g/mol. The maximum Gasteiger partial charge on any atom is 0.153 e. The summed E-state index contributed by atoms with van der Waals surface area (Å²) in [6.07, 6.45) is 6.49. The second-order valence-corrected chi connectivity index (χ2v) is 5.69. The highest BCUT2D eigenvalue weighted by atomic mass is 15.2. The number of nitrogen functional groups attached to an aromatic ring is 1. The second kappa shape index (κ2) is 5.08. The normalized spacial score (nSPS) is 16.1. The van der Waals surface area contributed by atoms with Gasteiger partial charge in [0.1, 0.15) is 0 Å². The molecule has 3 N–H and O–H groups in total. The summed E-state index contributed by atoms with van der Waals surface area (Å²) in [7, 11) is 0. The van der Waals surface area contributed by atoms with Crippen LogP contribution in [-0.2, 0) is 6.42 Å². The van der Waals surface area contributed by atoms with Gasteiger partial charge in [-0.25, -0.2) is 0 Å². The largest absolute Gasteiger partial charge is 0.382 e. The molecule has 2 aromatic rings. The van der Waals surface area contributed by atoms with E-state index in [2.05, 4.69) is 41.4 Å². The molecule has 1 aromatic heterocycles. The summed E-state index contributed by atoms with van der Waals surface area (Å²) in [5.74, 6) is 1.42. The predicted molar refractivity (Wildman–Crippen MR) is 78.8 cm³/mol. The first kappa shape index (κ1) is 12.3. The van der Waals surface area contributed by atoms with Crippen molar-refractivity contribution in [2.24, 2.45) is 5.92 Å². The van der Waals surface area contributed by atoms with Crippen molar-refractivity contribution < 1.29 is 0 Å². The molecule has 0 unspecified atom stereocenters. The summed E-state index contributed by atoms with van der Waals surface area (Å²) in [5.41, 5.74) is 10.8. The first-order valence-corrected chi connectivity index (χ1v) is 7.14. The van der Waals surface area contributed by atoms with E-state index in [1.54, 1.807) is 0 Å². The number of benzene rings is 1. The molecule has 19 heavy (non-hydrogen) atoms. The highest BCUT2D eigenvalue weighted by Crippen LogP contribution is 2.34. The summed E-state index contributed by atoms with van der Waals surface area (Å²) in [4.78, 5) is 0. The smallest absolute Gasteiger partial charge is 0.153 e. The first-order valence-electron chi connectivity index (χ1n) is 7.14. The Hall–Kier alpha value is -1.77. The summed E-state index contributed by atoms with van der Waals surface area (Å²) >= 11 is 0. The molecule has 0 bridgehead atoms. The average Bonchev–Trinajstić information content (AvgIpc) is 3.00. The highest BCUT2D eigenvalue weighted by molar-refractivity contribution is 5.76. The molecule has 0 amide bonds. The summed E-state index contributed by atoms with van der Waals surface area (Å²) in [6.45, 7) is 2.11. The lowest BCUT2D eigenvalue weighted by atomic mass is 9.96. The molecule has 0 spiro atoms. The number of H-pyrrole nitrogens is 1. The van der Waals surface area contributed by atoms with E-state index < -0.39 is 0 Å². The van der Waals surface area contributed by atoms with Gasteiger partial charge in [-0.1, -0.05) is 55.5 Å². The molecule has 0 radical (unpaired) electrons. The number of hydrogen-bond acceptors (Lipinski definition) is 2. The van der Waals surface area contributed by atoms with Crippen molar-refractivity contribution in [2.45, 2.75) is 39.0 Å². The number of nitrogens with one attached hydrogen (secondary N) is 1. The van der Waals surface area contributed by atoms with E-state index in [0.717, 1.165) is 17.9 Å². The van der Waals surface area contributed by atoms with Crippen molar-refractivity contribution in [3.05, 3.63) is 35.5 Å². The van der Waals surface area contributed by atoms with Crippen LogP contribution in [0.4, 0.5) is 5.82 Å². The Kier molecular flexibility index (Phi) is 3.28. The molecule has 100 valence electrons. The van der Waals surface area contributed by atoms with Gasteiger partial charge in [-0.15, -0.1) is 0 Å². The fraction of sp³-hybridized carbons (Fsp3) is 0.438. The lowest BCUT2D eigenvalue weighted by Gasteiger charge is -2.10. The third kappa shape index (κ3) is 2.50. The van der Waals surface area contributed by atoms with Gasteiger partial charge in [-0.3, -0.25) is 5.10 Å². The van der Waals surface area contributed by atoms with E-state index in [1.165, 1.54) is 42.5 Å². The Labute approximate surface area is 114 Å². The molecule has 1 saturated carbocycles. The van der Waals surface area contributed by atoms with Gasteiger partial charge in [-0.05, 0) is 24.8 Å². The third-order valence-corrected chi connectivity index (χ3v) is 4.14. The fourth-order valence-corrected chi connectivity index (χ4v) is 3.17. The number of anilines is 1. The highest BCUT2D eigenvalue weighted by Gasteiger charge is 2.20. The number of nitrogens with zero attached hydrogens (tertiary/aromatic N) is 1. The van der Waals surface area contributed by atoms with Gasteiger partial charge in [-0.2, -0.15) is 5.10 Å². The molecule has 3 heteroatoms. The minimum absolute atomic E-state index is 0.624. The van der Waals surface area contributed by atoms with Crippen LogP contribution in [0.3, 0.4) is 0 Å². The van der Waals surface area contributed by atoms with Crippen molar-refractivity contribution in [1.82, 2.24) is 10.2 Å². The maximum atomic E-state index is 6.06. The van der Waals surface area contributed by atoms with E-state index in [4.69, 9.17) is 5.73 Å². The minimum Gasteiger partial charge on any atom is -0.382 e. The van der Waals surface area contributed by atoms with E-state index in [1.807, 2.05) is 0 Å². The molecule has 1 aromatic carbocycles. The summed E-state index contributed by atoms with van der Waals surface area (Å²) in [5, 5.41) is 7.36. The zero-order valence-electron chi connectivity index (χ0n) is 11.4. The van der Waals surface area contributed by atoms with Crippen LogP contribution >= 0.6 is 0 Å². The monoisotopic (exact) mass is 255 g/mol. The summed E-state index contributed by atoms with van der Waals surface area (Å²) in [6, 6.07) is 8.48. The molecule has 3 nitrogen and oxygen atoms in total. The topological polar surface area (TPSA) is 54.7 Å². The van der Waals surface area contributed by atoms with E-state index >= 15 is 0 Å². The number of nitrogens with two attached hydrogens (primary N) is 1. The van der Waals surface area contributed by atoms with Gasteiger partial charge in [0.2, 0.25) is 0 Å². The van der Waals surface area contributed by atoms with Crippen LogP contribution in [-0.4, -0.2) is 10.2 Å². The van der Waals surface area contributed by atoms with Gasteiger partial charge < -0.3 is 5.73 Å². The third-order valence-electron chi connectivity index (χ3n) is 4.14. The Morgan fingerprint density at radius 2 is 2.11 bits per heavy atom. The number of aromatic nitrogens is 2. The zero-order chi connectivity index (χ0) is 13.2. The van der Waals surface area contributed by atoms with Gasteiger partial charge in [0, 0.05) is 11.3 Å².